The highest BCUT2D eigenvalue weighted by molar-refractivity contribution is 6.07. The first kappa shape index (κ1) is 23.6. The predicted molar refractivity (Wildman–Crippen MR) is 141 cm³/mol. The monoisotopic (exact) mass is 480 g/mol. The molecule has 1 unspecified atom stereocenters. The molecular weight excluding hydrogens is 452 g/mol. The molecular formula is C30H28N2O4. The summed E-state index contributed by atoms with van der Waals surface area (Å²) in [6.45, 7) is 4.28. The Balaban J connectivity index is 1.44. The van der Waals surface area contributed by atoms with Gasteiger partial charge in [-0.05, 0) is 59.5 Å². The van der Waals surface area contributed by atoms with Crippen LogP contribution in [0, 0.1) is 0 Å². The van der Waals surface area contributed by atoms with Gasteiger partial charge in [-0.3, -0.25) is 9.69 Å². The van der Waals surface area contributed by atoms with Crippen molar-refractivity contribution in [3.8, 4) is 5.75 Å². The molecule has 4 aromatic rings. The lowest BCUT2D eigenvalue weighted by atomic mass is 9.99. The number of para-hydroxylation sites is 2. The van der Waals surface area contributed by atoms with Gasteiger partial charge in [0.1, 0.15) is 5.75 Å². The number of nitrogens with zero attached hydrogens (tertiary/aromatic N) is 1. The number of carbonyl (C=O) groups is 2. The van der Waals surface area contributed by atoms with E-state index >= 15 is 0 Å². The number of carboxylic acids is 1. The molecule has 0 radical (unpaired) electrons. The van der Waals surface area contributed by atoms with E-state index in [1.165, 1.54) is 10.8 Å². The Morgan fingerprint density at radius 2 is 1.78 bits per heavy atom. The molecule has 1 amide bonds. The summed E-state index contributed by atoms with van der Waals surface area (Å²) < 4.78 is 6.12. The van der Waals surface area contributed by atoms with Crippen molar-refractivity contribution >= 4 is 34.0 Å². The number of hydrogen-bond acceptors (Lipinski definition) is 4. The van der Waals surface area contributed by atoms with Crippen molar-refractivity contribution < 1.29 is 19.4 Å². The minimum Gasteiger partial charge on any atom is -0.478 e. The van der Waals surface area contributed by atoms with E-state index in [0.717, 1.165) is 11.1 Å². The number of ether oxygens (including phenoxy) is 1. The molecule has 0 bridgehead atoms. The average Bonchev–Trinajstić information content (AvgIpc) is 2.91. The van der Waals surface area contributed by atoms with Gasteiger partial charge in [0.25, 0.3) is 5.91 Å². The molecule has 4 aromatic carbocycles. The molecule has 1 aliphatic rings. The van der Waals surface area contributed by atoms with Crippen LogP contribution in [0.2, 0.25) is 0 Å². The van der Waals surface area contributed by atoms with Crippen LogP contribution in [0.25, 0.3) is 10.8 Å². The molecule has 0 aromatic heterocycles. The Morgan fingerprint density at radius 3 is 2.58 bits per heavy atom. The van der Waals surface area contributed by atoms with Crippen molar-refractivity contribution in [2.75, 3.05) is 11.4 Å². The fourth-order valence-electron chi connectivity index (χ4n) is 4.84. The maximum atomic E-state index is 13.7. The van der Waals surface area contributed by atoms with Gasteiger partial charge in [-0.15, -0.1) is 0 Å². The number of aromatic carboxylic acids is 1. The van der Waals surface area contributed by atoms with Crippen LogP contribution in [0.15, 0.2) is 84.9 Å². The number of carbonyl (C=O) groups excluding carboxylic acids is 1. The zero-order valence-corrected chi connectivity index (χ0v) is 20.3. The highest BCUT2D eigenvalue weighted by Gasteiger charge is 2.36. The predicted octanol–water partition coefficient (Wildman–Crippen LogP) is 5.88. The van der Waals surface area contributed by atoms with Crippen molar-refractivity contribution in [1.82, 2.24) is 5.32 Å². The molecule has 6 heteroatoms. The summed E-state index contributed by atoms with van der Waals surface area (Å²) in [5.41, 5.74) is 3.18. The SMILES string of the molecule is CCc1ccc(N2C(=O)C(CN[C@H](C)c3cccc4ccccc34)Oc3ccccc32)cc1C(=O)O. The number of amides is 1. The summed E-state index contributed by atoms with van der Waals surface area (Å²) in [5.74, 6) is -0.671. The Hall–Kier alpha value is -4.16. The van der Waals surface area contributed by atoms with E-state index in [4.69, 9.17) is 4.74 Å². The van der Waals surface area contributed by atoms with Crippen LogP contribution in [-0.4, -0.2) is 29.6 Å². The third-order valence-corrected chi connectivity index (χ3v) is 6.73. The molecule has 0 aliphatic carbocycles. The largest absolute Gasteiger partial charge is 0.478 e. The van der Waals surface area contributed by atoms with Gasteiger partial charge in [0.05, 0.1) is 16.9 Å². The molecule has 0 saturated heterocycles. The number of carboxylic acid groups (broad SMARTS) is 1. The van der Waals surface area contributed by atoms with Crippen LogP contribution in [0.3, 0.4) is 0 Å². The smallest absolute Gasteiger partial charge is 0.336 e. The summed E-state index contributed by atoms with van der Waals surface area (Å²) in [6, 6.07) is 26.9. The van der Waals surface area contributed by atoms with Crippen LogP contribution in [0.4, 0.5) is 11.4 Å². The van der Waals surface area contributed by atoms with E-state index in [0.29, 0.717) is 30.1 Å². The van der Waals surface area contributed by atoms with Crippen molar-refractivity contribution in [3.05, 3.63) is 102 Å². The molecule has 2 atom stereocenters. The van der Waals surface area contributed by atoms with Crippen LogP contribution >= 0.6 is 0 Å². The summed E-state index contributed by atoms with van der Waals surface area (Å²) in [6.07, 6.45) is -0.176. The van der Waals surface area contributed by atoms with Gasteiger partial charge in [0.2, 0.25) is 0 Å². The standard InChI is InChI=1S/C30H28N2O4/c1-3-20-15-16-22(17-25(20)30(34)35)32-26-13-6-7-14-27(26)36-28(29(32)33)18-31-19(2)23-12-8-10-21-9-4-5-11-24(21)23/h4-17,19,28,31H,3,18H2,1-2H3,(H,34,35)/t19-,28?/m1/s1. The third kappa shape index (κ3) is 4.32. The van der Waals surface area contributed by atoms with Gasteiger partial charge in [-0.2, -0.15) is 0 Å². The molecule has 36 heavy (non-hydrogen) atoms. The van der Waals surface area contributed by atoms with Crippen LogP contribution in [-0.2, 0) is 11.2 Å². The number of hydrogen-bond donors (Lipinski definition) is 2. The molecule has 1 aliphatic heterocycles. The Bertz CT molecular complexity index is 1440. The average molecular weight is 481 g/mol. The van der Waals surface area contributed by atoms with E-state index in [9.17, 15) is 14.7 Å². The van der Waals surface area contributed by atoms with E-state index in [1.807, 2.05) is 49.4 Å². The van der Waals surface area contributed by atoms with Gasteiger partial charge in [0, 0.05) is 12.6 Å². The Labute approximate surface area is 210 Å². The molecule has 182 valence electrons. The number of nitrogens with one attached hydrogen (secondary N) is 1. The maximum absolute atomic E-state index is 13.7. The molecule has 1 heterocycles. The van der Waals surface area contributed by atoms with Gasteiger partial charge in [-0.25, -0.2) is 4.79 Å². The third-order valence-electron chi connectivity index (χ3n) is 6.73. The molecule has 5 rings (SSSR count). The van der Waals surface area contributed by atoms with Gasteiger partial charge >= 0.3 is 5.97 Å². The molecule has 0 spiro atoms. The number of anilines is 2. The summed E-state index contributed by atoms with van der Waals surface area (Å²) >= 11 is 0. The summed E-state index contributed by atoms with van der Waals surface area (Å²) in [5, 5.41) is 15.5. The number of fused-ring (bicyclic) bond motifs is 2. The topological polar surface area (TPSA) is 78.9 Å². The molecule has 0 saturated carbocycles. The first-order valence-corrected chi connectivity index (χ1v) is 12.1. The van der Waals surface area contributed by atoms with Gasteiger partial charge in [0.15, 0.2) is 6.10 Å². The van der Waals surface area contributed by atoms with E-state index in [-0.39, 0.29) is 17.5 Å². The zero-order valence-electron chi connectivity index (χ0n) is 20.3. The minimum absolute atomic E-state index is 0.0134. The quantitative estimate of drug-likeness (QED) is 0.346. The number of benzene rings is 4. The maximum Gasteiger partial charge on any atom is 0.336 e. The van der Waals surface area contributed by atoms with E-state index in [2.05, 4.69) is 36.5 Å². The van der Waals surface area contributed by atoms with Crippen molar-refractivity contribution in [1.29, 1.82) is 0 Å². The fraction of sp³-hybridized carbons (Fsp3) is 0.200. The Kier molecular flexibility index (Phi) is 6.44. The number of rotatable bonds is 7. The summed E-state index contributed by atoms with van der Waals surface area (Å²) in [7, 11) is 0. The lowest BCUT2D eigenvalue weighted by Gasteiger charge is -2.35. The van der Waals surface area contributed by atoms with Crippen LogP contribution in [0.5, 0.6) is 5.75 Å². The second-order valence-corrected chi connectivity index (χ2v) is 8.95. The number of aryl methyl sites for hydroxylation is 1. The first-order valence-electron chi connectivity index (χ1n) is 12.1. The lowest BCUT2D eigenvalue weighted by molar-refractivity contribution is -0.125. The second kappa shape index (κ2) is 9.84. The van der Waals surface area contributed by atoms with E-state index < -0.39 is 12.1 Å². The molecule has 2 N–H and O–H groups in total. The molecule has 0 fully saturated rings. The minimum atomic E-state index is -1.01. The summed E-state index contributed by atoms with van der Waals surface area (Å²) in [4.78, 5) is 27.1. The van der Waals surface area contributed by atoms with Gasteiger partial charge in [-0.1, -0.05) is 67.6 Å². The first-order chi connectivity index (χ1) is 17.5. The second-order valence-electron chi connectivity index (χ2n) is 8.95. The highest BCUT2D eigenvalue weighted by atomic mass is 16.5. The highest BCUT2D eigenvalue weighted by Crippen LogP contribution is 2.39. The van der Waals surface area contributed by atoms with Crippen LogP contribution in [0.1, 0.15) is 41.4 Å². The van der Waals surface area contributed by atoms with Crippen molar-refractivity contribution in [2.45, 2.75) is 32.4 Å². The Morgan fingerprint density at radius 1 is 1.03 bits per heavy atom. The fourth-order valence-corrected chi connectivity index (χ4v) is 4.84. The normalized spacial score (nSPS) is 15.9. The van der Waals surface area contributed by atoms with E-state index in [1.54, 1.807) is 23.1 Å². The lowest BCUT2D eigenvalue weighted by Crippen LogP contribution is -2.48. The van der Waals surface area contributed by atoms with Crippen LogP contribution < -0.4 is 15.0 Å². The molecule has 6 nitrogen and oxygen atoms in total. The van der Waals surface area contributed by atoms with Gasteiger partial charge < -0.3 is 15.2 Å². The zero-order chi connectivity index (χ0) is 25.2. The van der Waals surface area contributed by atoms with Crippen molar-refractivity contribution in [2.24, 2.45) is 0 Å². The van der Waals surface area contributed by atoms with Crippen molar-refractivity contribution in [3.63, 3.8) is 0 Å².